The Labute approximate surface area is 158 Å². The topological polar surface area (TPSA) is 25.8 Å². The Kier molecular flexibility index (Phi) is 4.76. The van der Waals surface area contributed by atoms with Gasteiger partial charge in [-0.25, -0.2) is 4.98 Å². The highest BCUT2D eigenvalue weighted by atomic mass is 35.5. The standard InChI is InChI=1S/C23H17ClN2/c24-20-13-7-8-17(14-20)15-21-16-25-22(18-9-3-1-4-10-18)23(26-21)19-11-5-2-6-12-19/h1-14,16H,15H2. The lowest BCUT2D eigenvalue weighted by molar-refractivity contribution is 1.04. The van der Waals surface area contributed by atoms with E-state index in [4.69, 9.17) is 21.6 Å². The first-order valence-corrected chi connectivity index (χ1v) is 8.88. The fraction of sp³-hybridized carbons (Fsp3) is 0.0435. The van der Waals surface area contributed by atoms with Crippen molar-refractivity contribution < 1.29 is 0 Å². The molecule has 0 amide bonds. The SMILES string of the molecule is Clc1cccc(Cc2cnc(-c3ccccc3)c(-c3ccccc3)n2)c1. The minimum atomic E-state index is 0.697. The van der Waals surface area contributed by atoms with Crippen molar-refractivity contribution in [3.05, 3.63) is 107 Å². The molecule has 1 heterocycles. The number of nitrogens with zero attached hydrogens (tertiary/aromatic N) is 2. The Morgan fingerprint density at radius 3 is 2.00 bits per heavy atom. The largest absolute Gasteiger partial charge is 0.252 e. The average Bonchev–Trinajstić information content (AvgIpc) is 2.69. The van der Waals surface area contributed by atoms with Gasteiger partial charge in [-0.2, -0.15) is 0 Å². The fourth-order valence-electron chi connectivity index (χ4n) is 2.97. The van der Waals surface area contributed by atoms with Gasteiger partial charge in [0.05, 0.1) is 17.1 Å². The van der Waals surface area contributed by atoms with Crippen LogP contribution in [-0.4, -0.2) is 9.97 Å². The molecule has 0 saturated carbocycles. The zero-order valence-electron chi connectivity index (χ0n) is 14.1. The van der Waals surface area contributed by atoms with Gasteiger partial charge in [-0.05, 0) is 17.7 Å². The molecule has 1 aromatic heterocycles. The van der Waals surface area contributed by atoms with Gasteiger partial charge in [-0.15, -0.1) is 0 Å². The van der Waals surface area contributed by atoms with E-state index in [1.54, 1.807) is 0 Å². The third-order valence-electron chi connectivity index (χ3n) is 4.19. The van der Waals surface area contributed by atoms with E-state index >= 15 is 0 Å². The molecule has 4 rings (SSSR count). The van der Waals surface area contributed by atoms with E-state index in [0.717, 1.165) is 38.8 Å². The molecule has 0 saturated heterocycles. The molecule has 2 nitrogen and oxygen atoms in total. The Hall–Kier alpha value is -2.97. The van der Waals surface area contributed by atoms with Crippen LogP contribution in [0.1, 0.15) is 11.3 Å². The third kappa shape index (κ3) is 3.66. The van der Waals surface area contributed by atoms with Gasteiger partial charge >= 0.3 is 0 Å². The van der Waals surface area contributed by atoms with Crippen molar-refractivity contribution >= 4 is 11.6 Å². The Morgan fingerprint density at radius 2 is 1.35 bits per heavy atom. The Balaban J connectivity index is 1.79. The molecule has 0 unspecified atom stereocenters. The van der Waals surface area contributed by atoms with Crippen LogP contribution < -0.4 is 0 Å². The second kappa shape index (κ2) is 7.51. The zero-order valence-corrected chi connectivity index (χ0v) is 14.9. The summed E-state index contributed by atoms with van der Waals surface area (Å²) in [6.45, 7) is 0. The number of halogens is 1. The van der Waals surface area contributed by atoms with Gasteiger partial charge in [0.2, 0.25) is 0 Å². The highest BCUT2D eigenvalue weighted by Crippen LogP contribution is 2.29. The number of aromatic nitrogens is 2. The summed E-state index contributed by atoms with van der Waals surface area (Å²) in [6, 6.07) is 28.2. The van der Waals surface area contributed by atoms with Gasteiger partial charge in [-0.3, -0.25) is 4.98 Å². The minimum absolute atomic E-state index is 0.697. The molecule has 0 aliphatic carbocycles. The second-order valence-corrected chi connectivity index (χ2v) is 6.53. The molecule has 4 aromatic rings. The van der Waals surface area contributed by atoms with Gasteiger partial charge in [0.15, 0.2) is 0 Å². The molecule has 0 aliphatic rings. The molecule has 0 N–H and O–H groups in total. The summed E-state index contributed by atoms with van der Waals surface area (Å²) in [4.78, 5) is 9.69. The van der Waals surface area contributed by atoms with Crippen molar-refractivity contribution in [1.82, 2.24) is 9.97 Å². The number of hydrogen-bond acceptors (Lipinski definition) is 2. The van der Waals surface area contributed by atoms with Gasteiger partial charge in [-0.1, -0.05) is 84.4 Å². The fourth-order valence-corrected chi connectivity index (χ4v) is 3.18. The van der Waals surface area contributed by atoms with Crippen LogP contribution in [0.4, 0.5) is 0 Å². The van der Waals surface area contributed by atoms with Crippen molar-refractivity contribution in [2.45, 2.75) is 6.42 Å². The summed E-state index contributed by atoms with van der Waals surface area (Å²) in [5.74, 6) is 0. The summed E-state index contributed by atoms with van der Waals surface area (Å²) in [5, 5.41) is 0.736. The van der Waals surface area contributed by atoms with E-state index < -0.39 is 0 Å². The summed E-state index contributed by atoms with van der Waals surface area (Å²) in [7, 11) is 0. The van der Waals surface area contributed by atoms with Crippen molar-refractivity contribution in [3.63, 3.8) is 0 Å². The van der Waals surface area contributed by atoms with Gasteiger partial charge in [0, 0.05) is 28.8 Å². The smallest absolute Gasteiger partial charge is 0.0968 e. The first kappa shape index (κ1) is 16.5. The Morgan fingerprint density at radius 1 is 0.692 bits per heavy atom. The molecule has 0 aliphatic heterocycles. The molecule has 0 bridgehead atoms. The van der Waals surface area contributed by atoms with Crippen LogP contribution in [0.2, 0.25) is 5.02 Å². The molecular weight excluding hydrogens is 340 g/mol. The molecule has 0 atom stereocenters. The molecule has 0 radical (unpaired) electrons. The van der Waals surface area contributed by atoms with Crippen molar-refractivity contribution in [2.24, 2.45) is 0 Å². The highest BCUT2D eigenvalue weighted by molar-refractivity contribution is 6.30. The lowest BCUT2D eigenvalue weighted by Crippen LogP contribution is -1.99. The van der Waals surface area contributed by atoms with Crippen LogP contribution in [0.5, 0.6) is 0 Å². The third-order valence-corrected chi connectivity index (χ3v) is 4.43. The quantitative estimate of drug-likeness (QED) is 0.444. The van der Waals surface area contributed by atoms with E-state index in [0.29, 0.717) is 6.42 Å². The molecular formula is C23H17ClN2. The second-order valence-electron chi connectivity index (χ2n) is 6.10. The first-order valence-electron chi connectivity index (χ1n) is 8.51. The molecule has 0 spiro atoms. The number of hydrogen-bond donors (Lipinski definition) is 0. The van der Waals surface area contributed by atoms with Crippen LogP contribution >= 0.6 is 11.6 Å². The van der Waals surface area contributed by atoms with E-state index in [-0.39, 0.29) is 0 Å². The summed E-state index contributed by atoms with van der Waals surface area (Å²) in [5.41, 5.74) is 5.96. The molecule has 3 aromatic carbocycles. The van der Waals surface area contributed by atoms with Crippen LogP contribution in [0.25, 0.3) is 22.5 Å². The maximum Gasteiger partial charge on any atom is 0.0968 e. The van der Waals surface area contributed by atoms with Gasteiger partial charge in [0.25, 0.3) is 0 Å². The molecule has 126 valence electrons. The van der Waals surface area contributed by atoms with Gasteiger partial charge in [0.1, 0.15) is 0 Å². The van der Waals surface area contributed by atoms with Crippen LogP contribution in [0.3, 0.4) is 0 Å². The first-order chi connectivity index (χ1) is 12.8. The number of benzene rings is 3. The molecule has 0 fully saturated rings. The van der Waals surface area contributed by atoms with Gasteiger partial charge < -0.3 is 0 Å². The maximum atomic E-state index is 6.11. The Bertz CT molecular complexity index is 1010. The monoisotopic (exact) mass is 356 g/mol. The van der Waals surface area contributed by atoms with Crippen LogP contribution in [-0.2, 0) is 6.42 Å². The molecule has 3 heteroatoms. The number of rotatable bonds is 4. The zero-order chi connectivity index (χ0) is 17.8. The van der Waals surface area contributed by atoms with E-state index in [2.05, 4.69) is 30.3 Å². The van der Waals surface area contributed by atoms with Crippen molar-refractivity contribution in [2.75, 3.05) is 0 Å². The van der Waals surface area contributed by atoms with E-state index in [9.17, 15) is 0 Å². The molecule has 26 heavy (non-hydrogen) atoms. The average molecular weight is 357 g/mol. The lowest BCUT2D eigenvalue weighted by atomic mass is 10.0. The predicted molar refractivity (Wildman–Crippen MR) is 107 cm³/mol. The summed E-state index contributed by atoms with van der Waals surface area (Å²) in [6.07, 6.45) is 2.55. The van der Waals surface area contributed by atoms with E-state index in [1.807, 2.05) is 60.8 Å². The summed E-state index contributed by atoms with van der Waals surface area (Å²) >= 11 is 6.11. The lowest BCUT2D eigenvalue weighted by Gasteiger charge is -2.11. The summed E-state index contributed by atoms with van der Waals surface area (Å²) < 4.78 is 0. The minimum Gasteiger partial charge on any atom is -0.252 e. The predicted octanol–water partition coefficient (Wildman–Crippen LogP) is 6.05. The van der Waals surface area contributed by atoms with Crippen molar-refractivity contribution in [1.29, 1.82) is 0 Å². The van der Waals surface area contributed by atoms with Crippen LogP contribution in [0.15, 0.2) is 91.1 Å². The normalized spacial score (nSPS) is 10.7. The van der Waals surface area contributed by atoms with Crippen molar-refractivity contribution in [3.8, 4) is 22.5 Å². The van der Waals surface area contributed by atoms with E-state index in [1.165, 1.54) is 0 Å². The maximum absolute atomic E-state index is 6.11. The highest BCUT2D eigenvalue weighted by Gasteiger charge is 2.12. The van der Waals surface area contributed by atoms with Crippen LogP contribution in [0, 0.1) is 0 Å².